The van der Waals surface area contributed by atoms with E-state index in [-0.39, 0.29) is 0 Å². The molecule has 0 spiro atoms. The van der Waals surface area contributed by atoms with Crippen molar-refractivity contribution in [1.82, 2.24) is 0 Å². The summed E-state index contributed by atoms with van der Waals surface area (Å²) >= 11 is 0. The van der Waals surface area contributed by atoms with Crippen LogP contribution in [0.3, 0.4) is 0 Å². The van der Waals surface area contributed by atoms with Gasteiger partial charge in [0.1, 0.15) is 0 Å². The lowest BCUT2D eigenvalue weighted by Gasteiger charge is -2.01. The van der Waals surface area contributed by atoms with Gasteiger partial charge in [-0.2, -0.15) is 0 Å². The van der Waals surface area contributed by atoms with Crippen molar-refractivity contribution in [3.63, 3.8) is 0 Å². The SMILES string of the molecule is C=Cc1ccc(C=CCCCCCCCCCCCN)cc1. The lowest BCUT2D eigenvalue weighted by atomic mass is 10.1. The number of allylic oxidation sites excluding steroid dienone is 1. The van der Waals surface area contributed by atoms with Crippen LogP contribution in [0, 0.1) is 0 Å². The maximum Gasteiger partial charge on any atom is -0.00773 e. The van der Waals surface area contributed by atoms with E-state index < -0.39 is 0 Å². The van der Waals surface area contributed by atoms with Crippen LogP contribution >= 0.6 is 0 Å². The van der Waals surface area contributed by atoms with Crippen molar-refractivity contribution in [2.75, 3.05) is 6.54 Å². The van der Waals surface area contributed by atoms with Crippen molar-refractivity contribution < 1.29 is 0 Å². The van der Waals surface area contributed by atoms with E-state index in [2.05, 4.69) is 43.0 Å². The van der Waals surface area contributed by atoms with E-state index in [1.807, 2.05) is 6.08 Å². The van der Waals surface area contributed by atoms with Crippen LogP contribution in [0.4, 0.5) is 0 Å². The highest BCUT2D eigenvalue weighted by Crippen LogP contribution is 2.12. The summed E-state index contributed by atoms with van der Waals surface area (Å²) in [4.78, 5) is 0. The number of rotatable bonds is 13. The standard InChI is InChI=1S/C21H33N/c1-2-20-15-17-21(18-16-20)14-12-10-8-6-4-3-5-7-9-11-13-19-22/h2,12,14-18H,1,3-11,13,19,22H2. The molecule has 1 heteroatoms. The highest BCUT2D eigenvalue weighted by Gasteiger charge is 1.92. The Balaban J connectivity index is 1.94. The molecule has 0 amide bonds. The van der Waals surface area contributed by atoms with Gasteiger partial charge < -0.3 is 5.73 Å². The second kappa shape index (κ2) is 13.3. The van der Waals surface area contributed by atoms with E-state index in [1.165, 1.54) is 75.3 Å². The van der Waals surface area contributed by atoms with Crippen molar-refractivity contribution >= 4 is 12.2 Å². The van der Waals surface area contributed by atoms with Gasteiger partial charge in [0.05, 0.1) is 0 Å². The summed E-state index contributed by atoms with van der Waals surface area (Å²) in [6.45, 7) is 4.63. The molecular weight excluding hydrogens is 266 g/mol. The molecule has 0 saturated carbocycles. The van der Waals surface area contributed by atoms with Crippen LogP contribution in [-0.4, -0.2) is 6.54 Å². The summed E-state index contributed by atoms with van der Waals surface area (Å²) in [5, 5.41) is 0. The van der Waals surface area contributed by atoms with Gasteiger partial charge in [-0.15, -0.1) is 0 Å². The minimum absolute atomic E-state index is 0.853. The summed E-state index contributed by atoms with van der Waals surface area (Å²) < 4.78 is 0. The van der Waals surface area contributed by atoms with Crippen molar-refractivity contribution in [2.45, 2.75) is 64.2 Å². The largest absolute Gasteiger partial charge is 0.330 e. The molecule has 1 nitrogen and oxygen atoms in total. The first-order chi connectivity index (χ1) is 10.9. The van der Waals surface area contributed by atoms with Gasteiger partial charge in [-0.3, -0.25) is 0 Å². The predicted molar refractivity (Wildman–Crippen MR) is 101 cm³/mol. The lowest BCUT2D eigenvalue weighted by Crippen LogP contribution is -1.97. The summed E-state index contributed by atoms with van der Waals surface area (Å²) in [6.07, 6.45) is 19.7. The van der Waals surface area contributed by atoms with E-state index in [4.69, 9.17) is 5.73 Å². The molecule has 0 aromatic heterocycles. The molecule has 0 aliphatic heterocycles. The third-order valence-corrected chi connectivity index (χ3v) is 4.06. The van der Waals surface area contributed by atoms with Gasteiger partial charge >= 0.3 is 0 Å². The monoisotopic (exact) mass is 299 g/mol. The minimum atomic E-state index is 0.853. The molecule has 0 aliphatic carbocycles. The Morgan fingerprint density at radius 3 is 1.77 bits per heavy atom. The average molecular weight is 300 g/mol. The van der Waals surface area contributed by atoms with Crippen LogP contribution in [0.15, 0.2) is 36.9 Å². The fourth-order valence-electron chi connectivity index (χ4n) is 2.61. The van der Waals surface area contributed by atoms with Gasteiger partial charge in [-0.1, -0.05) is 94.0 Å². The highest BCUT2D eigenvalue weighted by atomic mass is 14.5. The molecule has 0 saturated heterocycles. The molecule has 0 unspecified atom stereocenters. The molecule has 122 valence electrons. The van der Waals surface area contributed by atoms with E-state index in [0.717, 1.165) is 6.54 Å². The predicted octanol–water partition coefficient (Wildman–Crippen LogP) is 6.20. The molecule has 0 radical (unpaired) electrons. The topological polar surface area (TPSA) is 26.0 Å². The van der Waals surface area contributed by atoms with Crippen LogP contribution in [0.1, 0.15) is 75.3 Å². The third kappa shape index (κ3) is 9.57. The van der Waals surface area contributed by atoms with Gasteiger partial charge in [-0.25, -0.2) is 0 Å². The zero-order chi connectivity index (χ0) is 15.9. The second-order valence-corrected chi connectivity index (χ2v) is 6.03. The highest BCUT2D eigenvalue weighted by molar-refractivity contribution is 5.54. The maximum absolute atomic E-state index is 5.49. The van der Waals surface area contributed by atoms with Gasteiger partial charge in [0.2, 0.25) is 0 Å². The summed E-state index contributed by atoms with van der Waals surface area (Å²) in [5.74, 6) is 0. The number of unbranched alkanes of at least 4 members (excludes halogenated alkanes) is 9. The second-order valence-electron chi connectivity index (χ2n) is 6.03. The Bertz CT molecular complexity index is 402. The Hall–Kier alpha value is -1.34. The quantitative estimate of drug-likeness (QED) is 0.431. The molecule has 1 aromatic carbocycles. The van der Waals surface area contributed by atoms with E-state index >= 15 is 0 Å². The Morgan fingerprint density at radius 1 is 0.727 bits per heavy atom. The van der Waals surface area contributed by atoms with Crippen LogP contribution in [0.25, 0.3) is 12.2 Å². The molecule has 0 fully saturated rings. The number of nitrogens with two attached hydrogens (primary N) is 1. The molecule has 0 aliphatic rings. The smallest absolute Gasteiger partial charge is 0.00773 e. The minimum Gasteiger partial charge on any atom is -0.330 e. The average Bonchev–Trinajstić information content (AvgIpc) is 2.56. The fraction of sp³-hybridized carbons (Fsp3) is 0.524. The van der Waals surface area contributed by atoms with Gasteiger partial charge in [0.15, 0.2) is 0 Å². The molecule has 2 N–H and O–H groups in total. The van der Waals surface area contributed by atoms with Gasteiger partial charge in [0.25, 0.3) is 0 Å². The van der Waals surface area contributed by atoms with Crippen molar-refractivity contribution in [3.8, 4) is 0 Å². The van der Waals surface area contributed by atoms with Crippen LogP contribution in [-0.2, 0) is 0 Å². The van der Waals surface area contributed by atoms with E-state index in [0.29, 0.717) is 0 Å². The normalized spacial score (nSPS) is 11.1. The Morgan fingerprint density at radius 2 is 1.23 bits per heavy atom. The molecule has 1 aromatic rings. The lowest BCUT2D eigenvalue weighted by molar-refractivity contribution is 0.562. The van der Waals surface area contributed by atoms with Crippen LogP contribution < -0.4 is 5.73 Å². The van der Waals surface area contributed by atoms with Crippen molar-refractivity contribution in [2.24, 2.45) is 5.73 Å². The zero-order valence-corrected chi connectivity index (χ0v) is 14.1. The molecule has 0 heterocycles. The first-order valence-corrected chi connectivity index (χ1v) is 8.96. The molecule has 0 atom stereocenters. The number of benzene rings is 1. The van der Waals surface area contributed by atoms with E-state index in [1.54, 1.807) is 0 Å². The first kappa shape index (κ1) is 18.7. The summed E-state index contributed by atoms with van der Waals surface area (Å²) in [6, 6.07) is 8.52. The van der Waals surface area contributed by atoms with Crippen LogP contribution in [0.5, 0.6) is 0 Å². The zero-order valence-electron chi connectivity index (χ0n) is 14.1. The van der Waals surface area contributed by atoms with Gasteiger partial charge in [-0.05, 0) is 36.9 Å². The fourth-order valence-corrected chi connectivity index (χ4v) is 2.61. The summed E-state index contributed by atoms with van der Waals surface area (Å²) in [5.41, 5.74) is 7.95. The number of hydrogen-bond donors (Lipinski definition) is 1. The van der Waals surface area contributed by atoms with Crippen molar-refractivity contribution in [1.29, 1.82) is 0 Å². The van der Waals surface area contributed by atoms with Gasteiger partial charge in [0, 0.05) is 0 Å². The third-order valence-electron chi connectivity index (χ3n) is 4.06. The molecule has 22 heavy (non-hydrogen) atoms. The Kier molecular flexibility index (Phi) is 11.3. The molecular formula is C21H33N. The first-order valence-electron chi connectivity index (χ1n) is 8.96. The molecule has 1 rings (SSSR count). The summed E-state index contributed by atoms with van der Waals surface area (Å²) in [7, 11) is 0. The van der Waals surface area contributed by atoms with E-state index in [9.17, 15) is 0 Å². The Labute approximate surface area is 137 Å². The maximum atomic E-state index is 5.49. The molecule has 0 bridgehead atoms. The van der Waals surface area contributed by atoms with Crippen molar-refractivity contribution in [3.05, 3.63) is 48.0 Å². The van der Waals surface area contributed by atoms with Crippen LogP contribution in [0.2, 0.25) is 0 Å². The number of hydrogen-bond acceptors (Lipinski definition) is 1.